The van der Waals surface area contributed by atoms with Gasteiger partial charge in [-0.1, -0.05) is 0 Å². The second kappa shape index (κ2) is 8.96. The number of ether oxygens (including phenoxy) is 2. The van der Waals surface area contributed by atoms with E-state index in [4.69, 9.17) is 9.47 Å². The largest absolute Gasteiger partial charge is 0.497 e. The van der Waals surface area contributed by atoms with Crippen LogP contribution in [0.4, 0.5) is 10.2 Å². The van der Waals surface area contributed by atoms with E-state index in [1.165, 1.54) is 12.3 Å². The number of anilines is 1. The summed E-state index contributed by atoms with van der Waals surface area (Å²) in [7, 11) is 3.58. The van der Waals surface area contributed by atoms with Gasteiger partial charge in [0.05, 0.1) is 19.1 Å². The van der Waals surface area contributed by atoms with Crippen molar-refractivity contribution >= 4 is 22.8 Å². The summed E-state index contributed by atoms with van der Waals surface area (Å²) in [5.41, 5.74) is 0.122. The Morgan fingerprint density at radius 2 is 1.84 bits per heavy atom. The quantitative estimate of drug-likeness (QED) is 0.564. The Bertz CT molecular complexity index is 1200. The van der Waals surface area contributed by atoms with Crippen LogP contribution in [0.25, 0.3) is 16.7 Å². The number of fused-ring (bicyclic) bond motifs is 1. The number of piperazine rings is 1. The number of methoxy groups -OCH3 is 1. The van der Waals surface area contributed by atoms with Crippen LogP contribution in [0.2, 0.25) is 0 Å². The molecule has 0 radical (unpaired) electrons. The highest BCUT2D eigenvalue weighted by Crippen LogP contribution is 2.25. The minimum Gasteiger partial charge on any atom is -0.497 e. The number of halogens is 1. The van der Waals surface area contributed by atoms with Gasteiger partial charge in [0, 0.05) is 38.1 Å². The molecule has 1 aliphatic heterocycles. The fraction of sp³-hybridized carbons (Fsp3) is 0.348. The van der Waals surface area contributed by atoms with Gasteiger partial charge >= 0.3 is 5.97 Å². The Kier molecular flexibility index (Phi) is 6.09. The number of hydrogen-bond donors (Lipinski definition) is 0. The van der Waals surface area contributed by atoms with E-state index in [1.54, 1.807) is 42.9 Å². The zero-order valence-electron chi connectivity index (χ0n) is 18.3. The Morgan fingerprint density at radius 1 is 1.16 bits per heavy atom. The van der Waals surface area contributed by atoms with Crippen molar-refractivity contribution in [1.29, 1.82) is 0 Å². The van der Waals surface area contributed by atoms with Gasteiger partial charge in [0.25, 0.3) is 0 Å². The summed E-state index contributed by atoms with van der Waals surface area (Å²) in [6.45, 7) is 4.59. The molecule has 0 saturated carbocycles. The molecule has 1 aromatic carbocycles. The molecule has 1 saturated heterocycles. The highest BCUT2D eigenvalue weighted by atomic mass is 19.1. The van der Waals surface area contributed by atoms with Crippen molar-refractivity contribution in [2.24, 2.45) is 0 Å². The fourth-order valence-corrected chi connectivity index (χ4v) is 3.75. The van der Waals surface area contributed by atoms with Crippen molar-refractivity contribution in [2.75, 3.05) is 51.8 Å². The lowest BCUT2D eigenvalue weighted by Crippen LogP contribution is -2.45. The maximum atomic E-state index is 15.1. The van der Waals surface area contributed by atoms with Crippen LogP contribution < -0.4 is 15.1 Å². The number of rotatable bonds is 5. The molecule has 0 unspecified atom stereocenters. The minimum atomic E-state index is -0.759. The third-order valence-electron chi connectivity index (χ3n) is 5.56. The highest BCUT2D eigenvalue weighted by molar-refractivity contribution is 5.93. The van der Waals surface area contributed by atoms with Crippen LogP contribution in [-0.2, 0) is 4.74 Å². The number of carbonyl (C=O) groups is 1. The fourth-order valence-electron chi connectivity index (χ4n) is 3.75. The smallest absolute Gasteiger partial charge is 0.343 e. The summed E-state index contributed by atoms with van der Waals surface area (Å²) in [6.07, 6.45) is 1.41. The average molecular weight is 440 g/mol. The molecule has 0 atom stereocenters. The normalized spacial score (nSPS) is 14.6. The molecule has 32 heavy (non-hydrogen) atoms. The van der Waals surface area contributed by atoms with Gasteiger partial charge in [0.2, 0.25) is 5.43 Å². The van der Waals surface area contributed by atoms with Crippen molar-refractivity contribution in [2.45, 2.75) is 6.92 Å². The van der Waals surface area contributed by atoms with E-state index in [9.17, 15) is 9.59 Å². The maximum Gasteiger partial charge on any atom is 0.343 e. The zero-order valence-corrected chi connectivity index (χ0v) is 18.3. The van der Waals surface area contributed by atoms with E-state index in [1.807, 2.05) is 11.9 Å². The molecule has 8 nitrogen and oxygen atoms in total. The van der Waals surface area contributed by atoms with Crippen molar-refractivity contribution in [3.63, 3.8) is 0 Å². The van der Waals surface area contributed by atoms with Crippen LogP contribution in [0.15, 0.2) is 41.3 Å². The Hall–Kier alpha value is -3.46. The predicted molar refractivity (Wildman–Crippen MR) is 120 cm³/mol. The first kappa shape index (κ1) is 21.8. The molecule has 0 spiro atoms. The maximum absolute atomic E-state index is 15.1. The number of carbonyl (C=O) groups excluding carboxylic acids is 1. The van der Waals surface area contributed by atoms with Crippen molar-refractivity contribution < 1.29 is 18.7 Å². The molecule has 0 aliphatic carbocycles. The summed E-state index contributed by atoms with van der Waals surface area (Å²) in [4.78, 5) is 34.1. The van der Waals surface area contributed by atoms with Crippen LogP contribution >= 0.6 is 0 Å². The van der Waals surface area contributed by atoms with Gasteiger partial charge < -0.3 is 23.8 Å². The van der Waals surface area contributed by atoms with Gasteiger partial charge in [-0.2, -0.15) is 0 Å². The third kappa shape index (κ3) is 4.03. The van der Waals surface area contributed by atoms with Gasteiger partial charge in [0.1, 0.15) is 11.3 Å². The van der Waals surface area contributed by atoms with Gasteiger partial charge in [0.15, 0.2) is 17.3 Å². The Balaban J connectivity index is 1.94. The monoisotopic (exact) mass is 440 g/mol. The lowest BCUT2D eigenvalue weighted by molar-refractivity contribution is 0.0524. The molecule has 1 aliphatic rings. The first-order valence-corrected chi connectivity index (χ1v) is 10.4. The molecule has 3 heterocycles. The number of aromatic nitrogens is 2. The first-order chi connectivity index (χ1) is 15.4. The molecule has 0 N–H and O–H groups in total. The van der Waals surface area contributed by atoms with Crippen LogP contribution in [0, 0.1) is 5.82 Å². The second-order valence-electron chi connectivity index (χ2n) is 7.62. The average Bonchev–Trinajstić information content (AvgIpc) is 2.80. The van der Waals surface area contributed by atoms with Crippen LogP contribution in [0.3, 0.4) is 0 Å². The molecule has 9 heteroatoms. The highest BCUT2D eigenvalue weighted by Gasteiger charge is 2.23. The molecule has 1 fully saturated rings. The van der Waals surface area contributed by atoms with Gasteiger partial charge in [-0.25, -0.2) is 14.2 Å². The summed E-state index contributed by atoms with van der Waals surface area (Å²) in [5.74, 6) is -0.510. The van der Waals surface area contributed by atoms with Crippen LogP contribution in [-0.4, -0.2) is 67.4 Å². The standard InChI is InChI=1S/C23H25FN4O4/c1-4-32-23(30)18-14-28(15-5-7-16(31-3)8-6-15)21-17(20(18)29)13-19(24)22(25-21)27-11-9-26(2)10-12-27/h5-8,13-14H,4,9-12H2,1-3H3. The second-order valence-corrected chi connectivity index (χ2v) is 7.62. The number of esters is 1. The van der Waals surface area contributed by atoms with E-state index in [0.717, 1.165) is 13.1 Å². The SMILES string of the molecule is CCOC(=O)c1cn(-c2ccc(OC)cc2)c2nc(N3CCN(C)CC3)c(F)cc2c1=O. The minimum absolute atomic E-state index is 0.0155. The predicted octanol–water partition coefficient (Wildman–Crippen LogP) is 2.46. The summed E-state index contributed by atoms with van der Waals surface area (Å²) in [6, 6.07) is 8.24. The van der Waals surface area contributed by atoms with Gasteiger partial charge in [-0.05, 0) is 44.3 Å². The number of benzene rings is 1. The van der Waals surface area contributed by atoms with E-state index in [0.29, 0.717) is 24.5 Å². The van der Waals surface area contributed by atoms with Gasteiger partial charge in [-0.15, -0.1) is 0 Å². The van der Waals surface area contributed by atoms with Crippen molar-refractivity contribution in [1.82, 2.24) is 14.5 Å². The van der Waals surface area contributed by atoms with Crippen LogP contribution in [0.5, 0.6) is 5.75 Å². The summed E-state index contributed by atoms with van der Waals surface area (Å²) >= 11 is 0. The molecular formula is C23H25FN4O4. The van der Waals surface area contributed by atoms with E-state index in [-0.39, 0.29) is 29.0 Å². The molecule has 0 bridgehead atoms. The first-order valence-electron chi connectivity index (χ1n) is 10.4. The number of nitrogens with zero attached hydrogens (tertiary/aromatic N) is 4. The molecule has 0 amide bonds. The Labute approximate surface area is 184 Å². The number of pyridine rings is 2. The summed E-state index contributed by atoms with van der Waals surface area (Å²) in [5, 5.41) is 0.0155. The Morgan fingerprint density at radius 3 is 2.47 bits per heavy atom. The molecule has 2 aromatic heterocycles. The van der Waals surface area contributed by atoms with E-state index in [2.05, 4.69) is 9.88 Å². The lowest BCUT2D eigenvalue weighted by atomic mass is 10.1. The van der Waals surface area contributed by atoms with Crippen molar-refractivity contribution in [3.05, 3.63) is 58.1 Å². The molecule has 3 aromatic rings. The number of hydrogen-bond acceptors (Lipinski definition) is 7. The topological polar surface area (TPSA) is 76.9 Å². The van der Waals surface area contributed by atoms with Crippen molar-refractivity contribution in [3.8, 4) is 11.4 Å². The van der Waals surface area contributed by atoms with Gasteiger partial charge in [-0.3, -0.25) is 4.79 Å². The third-order valence-corrected chi connectivity index (χ3v) is 5.56. The van der Waals surface area contributed by atoms with E-state index < -0.39 is 17.2 Å². The number of likely N-dealkylation sites (N-methyl/N-ethyl adjacent to an activating group) is 1. The van der Waals surface area contributed by atoms with E-state index >= 15 is 4.39 Å². The molecule has 4 rings (SSSR count). The lowest BCUT2D eigenvalue weighted by Gasteiger charge is -2.33. The molecular weight excluding hydrogens is 415 g/mol. The molecule has 168 valence electrons. The van der Waals surface area contributed by atoms with Crippen LogP contribution in [0.1, 0.15) is 17.3 Å². The zero-order chi connectivity index (χ0) is 22.8. The summed E-state index contributed by atoms with van der Waals surface area (Å²) < 4.78 is 27.0.